The molecule has 0 fully saturated rings. The van der Waals surface area contributed by atoms with Gasteiger partial charge in [0.25, 0.3) is 0 Å². The zero-order valence-corrected chi connectivity index (χ0v) is 13.3. The van der Waals surface area contributed by atoms with E-state index in [0.717, 1.165) is 16.8 Å². The Morgan fingerprint density at radius 2 is 1.65 bits per heavy atom. The zero-order valence-electron chi connectivity index (χ0n) is 11.7. The molecular formula is C16H16BrF2N. The lowest BCUT2D eigenvalue weighted by Gasteiger charge is -2.23. The maximum atomic E-state index is 14.1. The number of hydrogen-bond donors (Lipinski definition) is 0. The standard InChI is InChI=1S/C16H16BrF2N/c1-10-4-5-15(11(2)6-10)20(3)16-13(18)7-12(9-17)8-14(16)19/h4-8H,9H2,1-3H3. The lowest BCUT2D eigenvalue weighted by atomic mass is 10.1. The minimum Gasteiger partial charge on any atom is -0.340 e. The van der Waals surface area contributed by atoms with Crippen LogP contribution in [-0.2, 0) is 5.33 Å². The van der Waals surface area contributed by atoms with Crippen molar-refractivity contribution in [2.45, 2.75) is 19.2 Å². The fourth-order valence-corrected chi connectivity index (χ4v) is 2.64. The van der Waals surface area contributed by atoms with Gasteiger partial charge in [0.1, 0.15) is 17.3 Å². The molecule has 106 valence electrons. The largest absolute Gasteiger partial charge is 0.340 e. The minimum absolute atomic E-state index is 0.0262. The highest BCUT2D eigenvalue weighted by Gasteiger charge is 2.17. The van der Waals surface area contributed by atoms with Gasteiger partial charge in [0.05, 0.1) is 0 Å². The van der Waals surface area contributed by atoms with Gasteiger partial charge in [0.2, 0.25) is 0 Å². The summed E-state index contributed by atoms with van der Waals surface area (Å²) in [6.45, 7) is 3.92. The second-order valence-corrected chi connectivity index (χ2v) is 5.45. The second kappa shape index (κ2) is 5.92. The average molecular weight is 340 g/mol. The summed E-state index contributed by atoms with van der Waals surface area (Å²) in [6.07, 6.45) is 0. The normalized spacial score (nSPS) is 10.7. The number of rotatable bonds is 3. The highest BCUT2D eigenvalue weighted by molar-refractivity contribution is 9.08. The molecule has 2 rings (SSSR count). The summed E-state index contributed by atoms with van der Waals surface area (Å²) in [6, 6.07) is 8.51. The number of nitrogens with zero attached hydrogens (tertiary/aromatic N) is 1. The molecule has 20 heavy (non-hydrogen) atoms. The van der Waals surface area contributed by atoms with Crippen LogP contribution in [0.15, 0.2) is 30.3 Å². The first kappa shape index (κ1) is 15.0. The third-order valence-corrected chi connectivity index (χ3v) is 3.93. The van der Waals surface area contributed by atoms with Crippen LogP contribution in [0.1, 0.15) is 16.7 Å². The van der Waals surface area contributed by atoms with Crippen molar-refractivity contribution in [3.8, 4) is 0 Å². The Hall–Kier alpha value is -1.42. The number of alkyl halides is 1. The van der Waals surface area contributed by atoms with Crippen molar-refractivity contribution < 1.29 is 8.78 Å². The van der Waals surface area contributed by atoms with E-state index >= 15 is 0 Å². The van der Waals surface area contributed by atoms with Crippen LogP contribution in [0.25, 0.3) is 0 Å². The molecule has 0 amide bonds. The molecule has 0 bridgehead atoms. The number of anilines is 2. The number of hydrogen-bond acceptors (Lipinski definition) is 1. The maximum absolute atomic E-state index is 14.1. The van der Waals surface area contributed by atoms with Gasteiger partial charge >= 0.3 is 0 Å². The summed E-state index contributed by atoms with van der Waals surface area (Å²) >= 11 is 3.20. The molecule has 0 atom stereocenters. The van der Waals surface area contributed by atoms with Gasteiger partial charge < -0.3 is 4.90 Å². The third kappa shape index (κ3) is 2.85. The average Bonchev–Trinajstić information content (AvgIpc) is 2.37. The summed E-state index contributed by atoms with van der Waals surface area (Å²) in [4.78, 5) is 1.55. The Morgan fingerprint density at radius 3 is 2.15 bits per heavy atom. The van der Waals surface area contributed by atoms with Gasteiger partial charge in [-0.05, 0) is 43.2 Å². The molecule has 1 nitrogen and oxygen atoms in total. The predicted octanol–water partition coefficient (Wildman–Crippen LogP) is 5.24. The highest BCUT2D eigenvalue weighted by atomic mass is 79.9. The highest BCUT2D eigenvalue weighted by Crippen LogP contribution is 2.32. The SMILES string of the molecule is Cc1ccc(N(C)c2c(F)cc(CBr)cc2F)c(C)c1. The molecule has 0 radical (unpaired) electrons. The quantitative estimate of drug-likeness (QED) is 0.690. The molecule has 0 aliphatic heterocycles. The molecule has 0 aliphatic carbocycles. The predicted molar refractivity (Wildman–Crippen MR) is 83.0 cm³/mol. The maximum Gasteiger partial charge on any atom is 0.150 e. The Labute approximate surface area is 126 Å². The zero-order chi connectivity index (χ0) is 14.9. The molecule has 0 heterocycles. The fourth-order valence-electron chi connectivity index (χ4n) is 2.32. The smallest absolute Gasteiger partial charge is 0.150 e. The van der Waals surface area contributed by atoms with E-state index in [9.17, 15) is 8.78 Å². The number of benzene rings is 2. The van der Waals surface area contributed by atoms with Crippen LogP contribution in [0.2, 0.25) is 0 Å². The molecule has 2 aromatic carbocycles. The Kier molecular flexibility index (Phi) is 4.43. The van der Waals surface area contributed by atoms with Gasteiger partial charge in [-0.3, -0.25) is 0 Å². The van der Waals surface area contributed by atoms with Crippen LogP contribution in [-0.4, -0.2) is 7.05 Å². The van der Waals surface area contributed by atoms with Crippen molar-refractivity contribution >= 4 is 27.3 Å². The topological polar surface area (TPSA) is 3.24 Å². The van der Waals surface area contributed by atoms with E-state index in [0.29, 0.717) is 10.9 Å². The van der Waals surface area contributed by atoms with Gasteiger partial charge in [0, 0.05) is 18.1 Å². The van der Waals surface area contributed by atoms with Crippen molar-refractivity contribution in [3.05, 3.63) is 58.7 Å². The van der Waals surface area contributed by atoms with E-state index in [4.69, 9.17) is 0 Å². The van der Waals surface area contributed by atoms with Crippen LogP contribution in [0.3, 0.4) is 0 Å². The van der Waals surface area contributed by atoms with Gasteiger partial charge in [0.15, 0.2) is 0 Å². The van der Waals surface area contributed by atoms with Gasteiger partial charge in [-0.2, -0.15) is 0 Å². The van der Waals surface area contributed by atoms with Crippen molar-refractivity contribution in [3.63, 3.8) is 0 Å². The van der Waals surface area contributed by atoms with Crippen LogP contribution in [0, 0.1) is 25.5 Å². The molecule has 2 aromatic rings. The number of aryl methyl sites for hydroxylation is 2. The first-order valence-corrected chi connectivity index (χ1v) is 7.41. The van der Waals surface area contributed by atoms with Crippen molar-refractivity contribution in [2.24, 2.45) is 0 Å². The van der Waals surface area contributed by atoms with Crippen molar-refractivity contribution in [1.29, 1.82) is 0 Å². The minimum atomic E-state index is -0.554. The van der Waals surface area contributed by atoms with E-state index in [1.54, 1.807) is 11.9 Å². The molecule has 0 saturated heterocycles. The van der Waals surface area contributed by atoms with Crippen LogP contribution in [0.5, 0.6) is 0 Å². The van der Waals surface area contributed by atoms with Gasteiger partial charge in [-0.15, -0.1) is 0 Å². The summed E-state index contributed by atoms with van der Waals surface area (Å²) in [7, 11) is 1.67. The molecule has 0 aromatic heterocycles. The van der Waals surface area contributed by atoms with Gasteiger partial charge in [-0.1, -0.05) is 33.6 Å². The van der Waals surface area contributed by atoms with Crippen molar-refractivity contribution in [1.82, 2.24) is 0 Å². The fraction of sp³-hybridized carbons (Fsp3) is 0.250. The second-order valence-electron chi connectivity index (χ2n) is 4.89. The Balaban J connectivity index is 2.50. The lowest BCUT2D eigenvalue weighted by Crippen LogP contribution is -2.15. The molecule has 0 N–H and O–H groups in total. The monoisotopic (exact) mass is 339 g/mol. The Bertz CT molecular complexity index is 617. The first-order chi connectivity index (χ1) is 9.43. The van der Waals surface area contributed by atoms with Crippen LogP contribution < -0.4 is 4.90 Å². The summed E-state index contributed by atoms with van der Waals surface area (Å²) in [5.41, 5.74) is 3.45. The van der Waals surface area contributed by atoms with Crippen LogP contribution >= 0.6 is 15.9 Å². The van der Waals surface area contributed by atoms with E-state index < -0.39 is 11.6 Å². The first-order valence-electron chi connectivity index (χ1n) is 6.29. The molecule has 0 unspecified atom stereocenters. The van der Waals surface area contributed by atoms with Gasteiger partial charge in [-0.25, -0.2) is 8.78 Å². The molecule has 0 saturated carbocycles. The summed E-state index contributed by atoms with van der Waals surface area (Å²) < 4.78 is 28.3. The lowest BCUT2D eigenvalue weighted by molar-refractivity contribution is 0.582. The van der Waals surface area contributed by atoms with E-state index in [1.807, 2.05) is 32.0 Å². The van der Waals surface area contributed by atoms with E-state index in [-0.39, 0.29) is 5.69 Å². The molecule has 4 heteroatoms. The number of halogens is 3. The van der Waals surface area contributed by atoms with E-state index in [1.165, 1.54) is 12.1 Å². The third-order valence-electron chi connectivity index (χ3n) is 3.28. The molecule has 0 aliphatic rings. The molecule has 0 spiro atoms. The molecular weight excluding hydrogens is 324 g/mol. The van der Waals surface area contributed by atoms with E-state index in [2.05, 4.69) is 15.9 Å². The summed E-state index contributed by atoms with van der Waals surface area (Å²) in [5, 5.41) is 0.425. The van der Waals surface area contributed by atoms with Crippen LogP contribution in [0.4, 0.5) is 20.2 Å². The summed E-state index contributed by atoms with van der Waals surface area (Å²) in [5.74, 6) is -1.11. The van der Waals surface area contributed by atoms with Crippen molar-refractivity contribution in [2.75, 3.05) is 11.9 Å². The Morgan fingerprint density at radius 1 is 1.05 bits per heavy atom.